The van der Waals surface area contributed by atoms with E-state index in [1.807, 2.05) is 36.2 Å². The number of esters is 4. The first-order valence-corrected chi connectivity index (χ1v) is 22.4. The summed E-state index contributed by atoms with van der Waals surface area (Å²) in [7, 11) is 3.35. The number of nitrogens with one attached hydrogen (secondary N) is 1. The van der Waals surface area contributed by atoms with E-state index in [1.54, 1.807) is 0 Å². The molecule has 1 unspecified atom stereocenters. The molecule has 3 aromatic rings. The number of fused-ring (bicyclic) bond motifs is 6. The Kier molecular flexibility index (Phi) is 10.8. The van der Waals surface area contributed by atoms with Gasteiger partial charge >= 0.3 is 23.9 Å². The maximum absolute atomic E-state index is 15.4. The van der Waals surface area contributed by atoms with E-state index in [9.17, 15) is 19.5 Å². The monoisotopic (exact) mass is 864 g/mol. The van der Waals surface area contributed by atoms with E-state index in [0.29, 0.717) is 50.2 Å². The quantitative estimate of drug-likeness (QED) is 0.114. The number of aromatic nitrogens is 1. The van der Waals surface area contributed by atoms with Crippen molar-refractivity contribution in [3.63, 3.8) is 0 Å². The van der Waals surface area contributed by atoms with Crippen molar-refractivity contribution in [2.45, 2.75) is 101 Å². The Morgan fingerprint density at radius 2 is 1.73 bits per heavy atom. The normalized spacial score (nSPS) is 32.6. The third kappa shape index (κ3) is 6.36. The second kappa shape index (κ2) is 15.8. The number of aliphatic hydroxyl groups is 1. The standard InChI is InChI=1S/C49H60N4O10/c1-8-32-21-33-24-48(45(57)59-7,41-35(27-52(25-32)26-33)34-13-10-11-14-38(34)50-41)37-22-36-39(23-40(37)61-20-19-60-29(3)54)51(6)43-47(36)16-18-53-17-12-15-46(9-2,42(47)53)44(63-31(5)56)49(43,58)28-62-30(4)55/h10-15,21-23,33,42-44,50,58H,8-9,16-20,24-28H2,1-7H3/t33-,42-,43+,44+,46+,47+,48-,49-/m0/s1. The van der Waals surface area contributed by atoms with Gasteiger partial charge in [-0.15, -0.1) is 0 Å². The number of hydrogen-bond donors (Lipinski definition) is 2. The lowest BCUT2D eigenvalue weighted by atomic mass is 9.47. The highest BCUT2D eigenvalue weighted by Crippen LogP contribution is 2.68. The minimum atomic E-state index is -1.90. The van der Waals surface area contributed by atoms with Crippen molar-refractivity contribution in [3.05, 3.63) is 82.6 Å². The summed E-state index contributed by atoms with van der Waals surface area (Å²) in [5.41, 5.74) is 1.19. The molecular weight excluding hydrogens is 805 g/mol. The summed E-state index contributed by atoms with van der Waals surface area (Å²) in [6.07, 6.45) is 7.84. The van der Waals surface area contributed by atoms with Crippen molar-refractivity contribution in [1.82, 2.24) is 14.8 Å². The van der Waals surface area contributed by atoms with Gasteiger partial charge in [-0.05, 0) is 61.4 Å². The van der Waals surface area contributed by atoms with Gasteiger partial charge in [-0.2, -0.15) is 0 Å². The maximum atomic E-state index is 15.4. The van der Waals surface area contributed by atoms with Gasteiger partial charge in [0.05, 0.1) is 13.2 Å². The molecule has 6 aliphatic rings. The summed E-state index contributed by atoms with van der Waals surface area (Å²) >= 11 is 0. The average Bonchev–Trinajstić information content (AvgIpc) is 3.91. The van der Waals surface area contributed by atoms with Gasteiger partial charge in [-0.3, -0.25) is 29.0 Å². The number of nitrogens with zero attached hydrogens (tertiary/aromatic N) is 3. The van der Waals surface area contributed by atoms with Crippen molar-refractivity contribution in [2.24, 2.45) is 11.3 Å². The van der Waals surface area contributed by atoms with Gasteiger partial charge in [0, 0.05) is 105 Å². The molecular formula is C49H60N4O10. The molecule has 1 aliphatic carbocycles. The van der Waals surface area contributed by atoms with Crippen LogP contribution in [-0.2, 0) is 55.5 Å². The number of likely N-dealkylation sites (N-methyl/N-ethyl adjacent to an activating group) is 1. The van der Waals surface area contributed by atoms with E-state index in [4.69, 9.17) is 23.7 Å². The third-order valence-corrected chi connectivity index (χ3v) is 15.3. The van der Waals surface area contributed by atoms with E-state index in [1.165, 1.54) is 33.5 Å². The van der Waals surface area contributed by atoms with Crippen molar-refractivity contribution < 1.29 is 48.0 Å². The molecule has 0 radical (unpaired) electrons. The lowest BCUT2D eigenvalue weighted by molar-refractivity contribution is -0.232. The Labute approximate surface area is 368 Å². The van der Waals surface area contributed by atoms with Crippen LogP contribution in [0.5, 0.6) is 5.75 Å². The summed E-state index contributed by atoms with van der Waals surface area (Å²) in [4.78, 5) is 63.9. The number of H-pyrrole nitrogens is 1. The number of ether oxygens (including phenoxy) is 5. The third-order valence-electron chi connectivity index (χ3n) is 15.3. The summed E-state index contributed by atoms with van der Waals surface area (Å²) < 4.78 is 30.2. The predicted molar refractivity (Wildman–Crippen MR) is 234 cm³/mol. The number of rotatable bonds is 11. The fraction of sp³-hybridized carbons (Fsp3) is 0.551. The van der Waals surface area contributed by atoms with Crippen LogP contribution >= 0.6 is 0 Å². The zero-order valence-electron chi connectivity index (χ0n) is 37.5. The Morgan fingerprint density at radius 3 is 2.44 bits per heavy atom. The molecule has 6 heterocycles. The van der Waals surface area contributed by atoms with Crippen molar-refractivity contribution in [1.29, 1.82) is 0 Å². The molecule has 9 atom stereocenters. The van der Waals surface area contributed by atoms with Gasteiger partial charge in [0.1, 0.15) is 37.1 Å². The molecule has 9 rings (SSSR count). The number of aromatic amines is 1. The first-order valence-electron chi connectivity index (χ1n) is 22.4. The fourth-order valence-corrected chi connectivity index (χ4v) is 13.3. The van der Waals surface area contributed by atoms with E-state index in [0.717, 1.165) is 52.9 Å². The fourth-order valence-electron chi connectivity index (χ4n) is 13.3. The van der Waals surface area contributed by atoms with Crippen LogP contribution in [-0.4, -0.2) is 128 Å². The molecule has 2 N–H and O–H groups in total. The van der Waals surface area contributed by atoms with Gasteiger partial charge < -0.3 is 38.7 Å². The molecule has 2 bridgehead atoms. The van der Waals surface area contributed by atoms with Crippen LogP contribution in [0, 0.1) is 11.3 Å². The number of anilines is 1. The van der Waals surface area contributed by atoms with Gasteiger partial charge in [-0.25, -0.2) is 0 Å². The summed E-state index contributed by atoms with van der Waals surface area (Å²) in [6.45, 7) is 11.3. The summed E-state index contributed by atoms with van der Waals surface area (Å²) in [5, 5.41) is 14.6. The lowest BCUT2D eigenvalue weighted by Crippen LogP contribution is -2.80. The number of carbonyl (C=O) groups is 4. The van der Waals surface area contributed by atoms with Crippen LogP contribution in [0.2, 0.25) is 0 Å². The molecule has 1 aromatic heterocycles. The van der Waals surface area contributed by atoms with Gasteiger partial charge in [0.2, 0.25) is 0 Å². The van der Waals surface area contributed by atoms with Crippen LogP contribution < -0.4 is 9.64 Å². The predicted octanol–water partition coefficient (Wildman–Crippen LogP) is 5.08. The molecule has 1 spiro atoms. The van der Waals surface area contributed by atoms with E-state index in [2.05, 4.69) is 59.0 Å². The number of carbonyl (C=O) groups excluding carboxylic acids is 4. The van der Waals surface area contributed by atoms with Crippen LogP contribution in [0.4, 0.5) is 5.69 Å². The molecule has 5 aliphatic heterocycles. The second-order valence-corrected chi connectivity index (χ2v) is 18.6. The van der Waals surface area contributed by atoms with Crippen LogP contribution in [0.15, 0.2) is 60.2 Å². The van der Waals surface area contributed by atoms with E-state index >= 15 is 4.79 Å². The minimum Gasteiger partial charge on any atom is -0.490 e. The Balaban J connectivity index is 1.36. The summed E-state index contributed by atoms with van der Waals surface area (Å²) in [6, 6.07) is 11.2. The van der Waals surface area contributed by atoms with Gasteiger partial charge in [-0.1, -0.05) is 55.8 Å². The zero-order chi connectivity index (χ0) is 44.6. The highest BCUT2D eigenvalue weighted by molar-refractivity contribution is 5.94. The zero-order valence-corrected chi connectivity index (χ0v) is 37.5. The molecule has 1 saturated carbocycles. The highest BCUT2D eigenvalue weighted by atomic mass is 16.6. The maximum Gasteiger partial charge on any atom is 0.322 e. The minimum absolute atomic E-state index is 0.00259. The molecule has 2 fully saturated rings. The van der Waals surface area contributed by atoms with Crippen molar-refractivity contribution in [3.8, 4) is 5.75 Å². The highest BCUT2D eigenvalue weighted by Gasteiger charge is 2.78. The first-order chi connectivity index (χ1) is 30.2. The number of methoxy groups -OCH3 is 1. The molecule has 63 heavy (non-hydrogen) atoms. The first kappa shape index (κ1) is 43.1. The van der Waals surface area contributed by atoms with Gasteiger partial charge in [0.25, 0.3) is 0 Å². The topological polar surface area (TPSA) is 160 Å². The number of para-hydroxylation sites is 1. The average molecular weight is 865 g/mol. The van der Waals surface area contributed by atoms with Gasteiger partial charge in [0.15, 0.2) is 5.60 Å². The Morgan fingerprint density at radius 1 is 0.952 bits per heavy atom. The molecule has 14 heteroatoms. The molecule has 336 valence electrons. The molecule has 1 saturated heterocycles. The van der Waals surface area contributed by atoms with E-state index < -0.39 is 64.5 Å². The molecule has 2 aromatic carbocycles. The lowest BCUT2D eigenvalue weighted by Gasteiger charge is -2.64. The number of benzene rings is 2. The van der Waals surface area contributed by atoms with E-state index in [-0.39, 0.29) is 25.2 Å². The Hall–Kier alpha value is -5.18. The second-order valence-electron chi connectivity index (χ2n) is 18.6. The van der Waals surface area contributed by atoms with Crippen LogP contribution in [0.1, 0.15) is 82.7 Å². The van der Waals surface area contributed by atoms with Crippen LogP contribution in [0.3, 0.4) is 0 Å². The summed E-state index contributed by atoms with van der Waals surface area (Å²) in [5.74, 6) is -1.62. The largest absolute Gasteiger partial charge is 0.490 e. The Bertz CT molecular complexity index is 2430. The number of hydrogen-bond acceptors (Lipinski definition) is 13. The van der Waals surface area contributed by atoms with Crippen molar-refractivity contribution >= 4 is 40.5 Å². The smallest absolute Gasteiger partial charge is 0.322 e. The molecule has 14 nitrogen and oxygen atoms in total. The SMILES string of the molecule is CCC1=C[C@@H]2CN(C1)Cc1c([nH]c3ccccc13)[C@@](C(=O)OC)(c1cc3c(cc1OCCOC(C)=O)N(C)[C@H]1[C@@](O)(COC(C)=O)[C@H](OC(C)=O)[C@]4(CC)C=CCN5CC[C@]31[C@@H]54)C2. The molecule has 0 amide bonds. The van der Waals surface area contributed by atoms with Crippen molar-refractivity contribution in [2.75, 3.05) is 65.1 Å². The van der Waals surface area contributed by atoms with Crippen LogP contribution in [0.25, 0.3) is 10.9 Å².